The first-order valence-corrected chi connectivity index (χ1v) is 10.8. The van der Waals surface area contributed by atoms with E-state index in [2.05, 4.69) is 5.32 Å². The number of halogens is 1. The van der Waals surface area contributed by atoms with Gasteiger partial charge in [0.1, 0.15) is 11.8 Å². The summed E-state index contributed by atoms with van der Waals surface area (Å²) in [5, 5.41) is 3.29. The summed E-state index contributed by atoms with van der Waals surface area (Å²) in [5.41, 5.74) is 2.66. The number of nitrogens with zero attached hydrogens (tertiary/aromatic N) is 1. The Morgan fingerprint density at radius 3 is 2.31 bits per heavy atom. The number of amides is 2. The summed E-state index contributed by atoms with van der Waals surface area (Å²) >= 11 is 6.11. The number of hydrogen-bond donors (Lipinski definition) is 1. The number of methoxy groups -OCH3 is 1. The Hall–Kier alpha value is -3.31. The van der Waals surface area contributed by atoms with Gasteiger partial charge in [-0.3, -0.25) is 9.59 Å². The van der Waals surface area contributed by atoms with E-state index >= 15 is 0 Å². The second-order valence-corrected chi connectivity index (χ2v) is 7.94. The van der Waals surface area contributed by atoms with Crippen LogP contribution in [0.3, 0.4) is 0 Å². The number of likely N-dealkylation sites (N-methyl/N-ethyl adjacent to an activating group) is 1. The number of nitrogens with one attached hydrogen (secondary N) is 1. The number of ether oxygens (including phenoxy) is 1. The first kappa shape index (κ1) is 23.4. The van der Waals surface area contributed by atoms with Crippen molar-refractivity contribution in [3.05, 3.63) is 101 Å². The maximum Gasteiger partial charge on any atom is 0.242 e. The van der Waals surface area contributed by atoms with Crippen molar-refractivity contribution < 1.29 is 14.3 Å². The van der Waals surface area contributed by atoms with Gasteiger partial charge < -0.3 is 15.0 Å². The van der Waals surface area contributed by atoms with Crippen molar-refractivity contribution in [2.75, 3.05) is 14.2 Å². The van der Waals surface area contributed by atoms with Crippen LogP contribution < -0.4 is 10.1 Å². The highest BCUT2D eigenvalue weighted by molar-refractivity contribution is 6.30. The van der Waals surface area contributed by atoms with Gasteiger partial charge in [-0.05, 0) is 41.0 Å². The predicted molar refractivity (Wildman–Crippen MR) is 127 cm³/mol. The topological polar surface area (TPSA) is 58.6 Å². The van der Waals surface area contributed by atoms with Crippen LogP contribution in [-0.4, -0.2) is 36.9 Å². The fourth-order valence-electron chi connectivity index (χ4n) is 3.61. The smallest absolute Gasteiger partial charge is 0.242 e. The monoisotopic (exact) mass is 450 g/mol. The van der Waals surface area contributed by atoms with Crippen LogP contribution in [-0.2, 0) is 29.0 Å². The Balaban J connectivity index is 1.95. The van der Waals surface area contributed by atoms with Crippen molar-refractivity contribution in [2.24, 2.45) is 0 Å². The minimum atomic E-state index is -0.666. The van der Waals surface area contributed by atoms with Gasteiger partial charge in [-0.15, -0.1) is 0 Å². The number of carbonyl (C=O) groups is 2. The third-order valence-electron chi connectivity index (χ3n) is 5.25. The van der Waals surface area contributed by atoms with E-state index in [1.165, 1.54) is 0 Å². The van der Waals surface area contributed by atoms with Crippen LogP contribution in [0.15, 0.2) is 78.9 Å². The molecule has 3 aromatic carbocycles. The van der Waals surface area contributed by atoms with Gasteiger partial charge in [0, 0.05) is 25.0 Å². The van der Waals surface area contributed by atoms with Gasteiger partial charge in [-0.25, -0.2) is 0 Å². The van der Waals surface area contributed by atoms with E-state index in [1.54, 1.807) is 31.2 Å². The van der Waals surface area contributed by atoms with Gasteiger partial charge in [-0.2, -0.15) is 0 Å². The fraction of sp³-hybridized carbons (Fsp3) is 0.231. The normalized spacial score (nSPS) is 11.5. The van der Waals surface area contributed by atoms with Crippen LogP contribution >= 0.6 is 11.6 Å². The van der Waals surface area contributed by atoms with Gasteiger partial charge in [-0.1, -0.05) is 66.2 Å². The Morgan fingerprint density at radius 2 is 1.62 bits per heavy atom. The molecule has 5 nitrogen and oxygen atoms in total. The number of carbonyl (C=O) groups excluding carboxylic acids is 2. The lowest BCUT2D eigenvalue weighted by Crippen LogP contribution is -2.50. The number of benzene rings is 3. The molecule has 166 valence electrons. The van der Waals surface area contributed by atoms with Crippen LogP contribution in [0.1, 0.15) is 16.7 Å². The summed E-state index contributed by atoms with van der Waals surface area (Å²) in [4.78, 5) is 28.1. The summed E-state index contributed by atoms with van der Waals surface area (Å²) in [7, 11) is 3.19. The molecule has 0 spiro atoms. The second kappa shape index (κ2) is 11.3. The molecule has 0 aliphatic rings. The highest BCUT2D eigenvalue weighted by Crippen LogP contribution is 2.20. The average Bonchev–Trinajstić information content (AvgIpc) is 2.81. The lowest BCUT2D eigenvalue weighted by molar-refractivity contribution is -0.140. The molecule has 0 fully saturated rings. The molecule has 0 saturated heterocycles. The molecule has 0 saturated carbocycles. The van der Waals surface area contributed by atoms with Gasteiger partial charge in [0.05, 0.1) is 13.5 Å². The van der Waals surface area contributed by atoms with Crippen molar-refractivity contribution in [2.45, 2.75) is 25.4 Å². The van der Waals surface area contributed by atoms with Crippen LogP contribution in [0.5, 0.6) is 5.75 Å². The first-order chi connectivity index (χ1) is 15.5. The SMILES string of the molecule is CNC(=O)[C@H](Cc1ccccc1)N(Cc1cccc(OC)c1)C(=O)Cc1cccc(Cl)c1. The summed E-state index contributed by atoms with van der Waals surface area (Å²) in [5.74, 6) is 0.333. The van der Waals surface area contributed by atoms with Gasteiger partial charge >= 0.3 is 0 Å². The predicted octanol–water partition coefficient (Wildman–Crippen LogP) is 4.28. The summed E-state index contributed by atoms with van der Waals surface area (Å²) in [6.45, 7) is 0.279. The molecule has 0 radical (unpaired) electrons. The lowest BCUT2D eigenvalue weighted by atomic mass is 10.0. The molecular weight excluding hydrogens is 424 g/mol. The van der Waals surface area contributed by atoms with E-state index in [0.29, 0.717) is 17.2 Å². The Labute approximate surface area is 194 Å². The van der Waals surface area contributed by atoms with E-state index in [0.717, 1.165) is 16.7 Å². The second-order valence-electron chi connectivity index (χ2n) is 7.50. The number of rotatable bonds is 9. The molecule has 0 aromatic heterocycles. The van der Waals surface area contributed by atoms with E-state index in [9.17, 15) is 9.59 Å². The number of hydrogen-bond acceptors (Lipinski definition) is 3. The Morgan fingerprint density at radius 1 is 0.938 bits per heavy atom. The molecule has 0 heterocycles. The highest BCUT2D eigenvalue weighted by atomic mass is 35.5. The van der Waals surface area contributed by atoms with Crippen molar-refractivity contribution >= 4 is 23.4 Å². The van der Waals surface area contributed by atoms with Crippen molar-refractivity contribution in [3.8, 4) is 5.75 Å². The van der Waals surface area contributed by atoms with Crippen molar-refractivity contribution in [3.63, 3.8) is 0 Å². The quantitative estimate of drug-likeness (QED) is 0.529. The summed E-state index contributed by atoms with van der Waals surface area (Å²) in [6.07, 6.45) is 0.554. The van der Waals surface area contributed by atoms with E-state index in [1.807, 2.05) is 66.7 Å². The maximum absolute atomic E-state index is 13.5. The van der Waals surface area contributed by atoms with Crippen LogP contribution in [0.4, 0.5) is 0 Å². The summed E-state index contributed by atoms with van der Waals surface area (Å²) in [6, 6.07) is 23.8. The van der Waals surface area contributed by atoms with Crippen LogP contribution in [0.25, 0.3) is 0 Å². The van der Waals surface area contributed by atoms with E-state index in [4.69, 9.17) is 16.3 Å². The molecule has 6 heteroatoms. The summed E-state index contributed by atoms with van der Waals surface area (Å²) < 4.78 is 5.33. The molecule has 0 aliphatic heterocycles. The Kier molecular flexibility index (Phi) is 8.28. The lowest BCUT2D eigenvalue weighted by Gasteiger charge is -2.31. The van der Waals surface area contributed by atoms with E-state index < -0.39 is 6.04 Å². The highest BCUT2D eigenvalue weighted by Gasteiger charge is 2.29. The first-order valence-electron chi connectivity index (χ1n) is 10.4. The molecule has 1 atom stereocenters. The van der Waals surface area contributed by atoms with Crippen LogP contribution in [0, 0.1) is 0 Å². The zero-order valence-corrected chi connectivity index (χ0v) is 19.0. The molecule has 3 rings (SSSR count). The minimum absolute atomic E-state index is 0.146. The molecule has 32 heavy (non-hydrogen) atoms. The van der Waals surface area contributed by atoms with Gasteiger partial charge in [0.25, 0.3) is 0 Å². The third kappa shape index (κ3) is 6.34. The standard InChI is InChI=1S/C26H27ClN2O3/c1-28-26(31)24(16-19-8-4-3-5-9-19)29(18-21-11-7-13-23(15-21)32-2)25(30)17-20-10-6-12-22(27)14-20/h3-15,24H,16-18H2,1-2H3,(H,28,31)/t24-/m0/s1. The molecule has 1 N–H and O–H groups in total. The fourth-order valence-corrected chi connectivity index (χ4v) is 3.82. The van der Waals surface area contributed by atoms with Crippen molar-refractivity contribution in [1.82, 2.24) is 10.2 Å². The van der Waals surface area contributed by atoms with Crippen molar-refractivity contribution in [1.29, 1.82) is 0 Å². The third-order valence-corrected chi connectivity index (χ3v) is 5.48. The molecule has 0 bridgehead atoms. The molecule has 3 aromatic rings. The van der Waals surface area contributed by atoms with Gasteiger partial charge in [0.15, 0.2) is 0 Å². The largest absolute Gasteiger partial charge is 0.497 e. The molecule has 2 amide bonds. The zero-order valence-electron chi connectivity index (χ0n) is 18.3. The molecule has 0 unspecified atom stereocenters. The Bertz CT molecular complexity index is 1060. The minimum Gasteiger partial charge on any atom is -0.497 e. The average molecular weight is 451 g/mol. The van der Waals surface area contributed by atoms with E-state index in [-0.39, 0.29) is 24.8 Å². The molecule has 0 aliphatic carbocycles. The molecular formula is C26H27ClN2O3. The maximum atomic E-state index is 13.5. The van der Waals surface area contributed by atoms with Gasteiger partial charge in [0.2, 0.25) is 11.8 Å². The van der Waals surface area contributed by atoms with Crippen LogP contribution in [0.2, 0.25) is 5.02 Å². The zero-order chi connectivity index (χ0) is 22.9.